The molecule has 4 aromatic rings. The molecule has 7 nitrogen and oxygen atoms in total. The maximum atomic E-state index is 12.8. The summed E-state index contributed by atoms with van der Waals surface area (Å²) in [5.41, 5.74) is 3.67. The van der Waals surface area contributed by atoms with Gasteiger partial charge in [-0.05, 0) is 60.5 Å². The zero-order valence-corrected chi connectivity index (χ0v) is 18.2. The highest BCUT2D eigenvalue weighted by Crippen LogP contribution is 2.27. The van der Waals surface area contributed by atoms with Crippen molar-refractivity contribution in [2.45, 2.75) is 18.2 Å². The molecule has 0 fully saturated rings. The average molecular weight is 446 g/mol. The minimum Gasteiger partial charge on any atom is -0.436 e. The number of carbonyl (C=O) groups is 1. The number of carbonyl (C=O) groups excluding carboxylic acids is 1. The van der Waals surface area contributed by atoms with Crippen LogP contribution in [0.5, 0.6) is 0 Å². The number of rotatable bonds is 5. The van der Waals surface area contributed by atoms with Crippen molar-refractivity contribution in [3.05, 3.63) is 77.4 Å². The number of nitriles is 1. The molecule has 32 heavy (non-hydrogen) atoms. The van der Waals surface area contributed by atoms with Gasteiger partial charge in [-0.2, -0.15) is 5.26 Å². The van der Waals surface area contributed by atoms with Crippen LogP contribution < -0.4 is 5.32 Å². The Bertz CT molecular complexity index is 1480. The van der Waals surface area contributed by atoms with E-state index >= 15 is 0 Å². The SMILES string of the molecule is CCc1ccc(-c2nc3cc(NC(=O)c4cc(C#N)ccc4S(C)(=O)=O)ccc3o2)cc1. The predicted octanol–water partition coefficient (Wildman–Crippen LogP) is 4.58. The lowest BCUT2D eigenvalue weighted by atomic mass is 10.1. The number of amides is 1. The van der Waals surface area contributed by atoms with Crippen LogP contribution in [-0.4, -0.2) is 25.6 Å². The Kier molecular flexibility index (Phi) is 5.51. The predicted molar refractivity (Wildman–Crippen MR) is 121 cm³/mol. The lowest BCUT2D eigenvalue weighted by Gasteiger charge is -2.09. The summed E-state index contributed by atoms with van der Waals surface area (Å²) in [6.07, 6.45) is 1.95. The summed E-state index contributed by atoms with van der Waals surface area (Å²) in [4.78, 5) is 17.2. The molecule has 0 aliphatic heterocycles. The molecule has 0 aliphatic rings. The Morgan fingerprint density at radius 3 is 2.50 bits per heavy atom. The van der Waals surface area contributed by atoms with Crippen molar-refractivity contribution in [3.63, 3.8) is 0 Å². The molecule has 0 unspecified atom stereocenters. The Morgan fingerprint density at radius 1 is 1.09 bits per heavy atom. The van der Waals surface area contributed by atoms with Crippen LogP contribution in [0, 0.1) is 11.3 Å². The van der Waals surface area contributed by atoms with Crippen LogP contribution in [0.25, 0.3) is 22.6 Å². The zero-order valence-electron chi connectivity index (χ0n) is 17.4. The molecule has 1 heterocycles. The van der Waals surface area contributed by atoms with E-state index in [1.807, 2.05) is 30.3 Å². The molecule has 1 N–H and O–H groups in total. The van der Waals surface area contributed by atoms with Crippen molar-refractivity contribution >= 4 is 32.5 Å². The third kappa shape index (κ3) is 4.24. The first-order valence-electron chi connectivity index (χ1n) is 9.84. The highest BCUT2D eigenvalue weighted by Gasteiger charge is 2.20. The van der Waals surface area contributed by atoms with E-state index < -0.39 is 15.7 Å². The highest BCUT2D eigenvalue weighted by molar-refractivity contribution is 7.90. The summed E-state index contributed by atoms with van der Waals surface area (Å²) in [6.45, 7) is 2.08. The van der Waals surface area contributed by atoms with Crippen molar-refractivity contribution in [2.24, 2.45) is 0 Å². The van der Waals surface area contributed by atoms with Gasteiger partial charge in [-0.25, -0.2) is 13.4 Å². The van der Waals surface area contributed by atoms with Gasteiger partial charge < -0.3 is 9.73 Å². The van der Waals surface area contributed by atoms with Crippen molar-refractivity contribution in [2.75, 3.05) is 11.6 Å². The quantitative estimate of drug-likeness (QED) is 0.481. The van der Waals surface area contributed by atoms with Crippen LogP contribution in [0.1, 0.15) is 28.4 Å². The summed E-state index contributed by atoms with van der Waals surface area (Å²) in [7, 11) is -3.66. The molecular formula is C24H19N3O4S. The normalized spacial score (nSPS) is 11.3. The maximum absolute atomic E-state index is 12.8. The maximum Gasteiger partial charge on any atom is 0.257 e. The minimum atomic E-state index is -3.66. The molecule has 0 spiro atoms. The van der Waals surface area contributed by atoms with Gasteiger partial charge in [0.1, 0.15) is 5.52 Å². The van der Waals surface area contributed by atoms with E-state index in [2.05, 4.69) is 17.2 Å². The van der Waals surface area contributed by atoms with Crippen molar-refractivity contribution in [1.29, 1.82) is 5.26 Å². The van der Waals surface area contributed by atoms with E-state index in [4.69, 9.17) is 9.68 Å². The van der Waals surface area contributed by atoms with Crippen LogP contribution in [0.2, 0.25) is 0 Å². The van der Waals surface area contributed by atoms with Crippen molar-refractivity contribution in [3.8, 4) is 17.5 Å². The Balaban J connectivity index is 1.65. The third-order valence-electron chi connectivity index (χ3n) is 5.01. The molecule has 0 aliphatic carbocycles. The first kappa shape index (κ1) is 21.3. The second kappa shape index (κ2) is 8.29. The van der Waals surface area contributed by atoms with Gasteiger partial charge >= 0.3 is 0 Å². The first-order chi connectivity index (χ1) is 15.3. The molecule has 1 amide bonds. The van der Waals surface area contributed by atoms with Gasteiger partial charge in [0.15, 0.2) is 15.4 Å². The van der Waals surface area contributed by atoms with E-state index in [1.165, 1.54) is 23.8 Å². The summed E-state index contributed by atoms with van der Waals surface area (Å²) in [5.74, 6) is -0.173. The number of benzene rings is 3. The van der Waals surface area contributed by atoms with Crippen LogP contribution in [0.4, 0.5) is 5.69 Å². The smallest absolute Gasteiger partial charge is 0.257 e. The van der Waals surface area contributed by atoms with Gasteiger partial charge in [0, 0.05) is 17.5 Å². The zero-order chi connectivity index (χ0) is 22.9. The molecule has 4 rings (SSSR count). The molecular weight excluding hydrogens is 426 g/mol. The second-order valence-electron chi connectivity index (χ2n) is 7.30. The fourth-order valence-corrected chi connectivity index (χ4v) is 4.18. The van der Waals surface area contributed by atoms with Gasteiger partial charge in [-0.1, -0.05) is 19.1 Å². The number of anilines is 1. The van der Waals surface area contributed by atoms with Gasteiger partial charge in [-0.3, -0.25) is 4.79 Å². The number of nitrogens with zero attached hydrogens (tertiary/aromatic N) is 2. The minimum absolute atomic E-state index is 0.0940. The van der Waals surface area contributed by atoms with Crippen molar-refractivity contribution < 1.29 is 17.6 Å². The number of aromatic nitrogens is 1. The van der Waals surface area contributed by atoms with Crippen molar-refractivity contribution in [1.82, 2.24) is 4.98 Å². The summed E-state index contributed by atoms with van der Waals surface area (Å²) >= 11 is 0. The van der Waals surface area contributed by atoms with E-state index in [0.717, 1.165) is 18.2 Å². The first-order valence-corrected chi connectivity index (χ1v) is 11.7. The van der Waals surface area contributed by atoms with E-state index in [9.17, 15) is 13.2 Å². The monoisotopic (exact) mass is 445 g/mol. The fraction of sp³-hybridized carbons (Fsp3) is 0.125. The number of hydrogen-bond acceptors (Lipinski definition) is 6. The van der Waals surface area contributed by atoms with E-state index in [1.54, 1.807) is 18.2 Å². The molecule has 0 radical (unpaired) electrons. The molecule has 3 aromatic carbocycles. The Morgan fingerprint density at radius 2 is 1.84 bits per heavy atom. The molecule has 0 saturated heterocycles. The van der Waals surface area contributed by atoms with Crippen LogP contribution in [0.3, 0.4) is 0 Å². The number of hydrogen-bond donors (Lipinski definition) is 1. The standard InChI is InChI=1S/C24H19N3O4S/c1-3-15-4-7-17(8-5-15)24-27-20-13-18(9-10-21(20)31-24)26-23(28)19-12-16(14-25)6-11-22(19)32(2,29)30/h4-13H,3H2,1-2H3,(H,26,28). The number of aryl methyl sites for hydroxylation is 1. The highest BCUT2D eigenvalue weighted by atomic mass is 32.2. The summed E-state index contributed by atoms with van der Waals surface area (Å²) in [5, 5.41) is 11.8. The Hall–Kier alpha value is -3.96. The van der Waals surface area contributed by atoms with Gasteiger partial charge in [0.2, 0.25) is 5.89 Å². The van der Waals surface area contributed by atoms with E-state index in [-0.39, 0.29) is 16.0 Å². The lowest BCUT2D eigenvalue weighted by molar-refractivity contribution is 0.102. The topological polar surface area (TPSA) is 113 Å². The fourth-order valence-electron chi connectivity index (χ4n) is 3.31. The number of fused-ring (bicyclic) bond motifs is 1. The lowest BCUT2D eigenvalue weighted by Crippen LogP contribution is -2.16. The molecule has 0 atom stereocenters. The van der Waals surface area contributed by atoms with Crippen LogP contribution in [-0.2, 0) is 16.3 Å². The molecule has 160 valence electrons. The largest absolute Gasteiger partial charge is 0.436 e. The third-order valence-corrected chi connectivity index (χ3v) is 6.16. The molecule has 0 saturated carbocycles. The average Bonchev–Trinajstić information content (AvgIpc) is 3.21. The van der Waals surface area contributed by atoms with E-state index in [0.29, 0.717) is 22.7 Å². The molecule has 8 heteroatoms. The summed E-state index contributed by atoms with van der Waals surface area (Å²) in [6, 6.07) is 18.7. The van der Waals surface area contributed by atoms with Crippen LogP contribution in [0.15, 0.2) is 70.0 Å². The number of nitrogens with one attached hydrogen (secondary N) is 1. The number of oxazole rings is 1. The Labute approximate surface area is 185 Å². The molecule has 0 bridgehead atoms. The molecule has 1 aromatic heterocycles. The van der Waals surface area contributed by atoms with Gasteiger partial charge in [0.05, 0.1) is 22.1 Å². The summed E-state index contributed by atoms with van der Waals surface area (Å²) < 4.78 is 30.0. The second-order valence-corrected chi connectivity index (χ2v) is 9.29. The van der Waals surface area contributed by atoms with Crippen LogP contribution >= 0.6 is 0 Å². The van der Waals surface area contributed by atoms with Gasteiger partial charge in [0.25, 0.3) is 5.91 Å². The van der Waals surface area contributed by atoms with Gasteiger partial charge in [-0.15, -0.1) is 0 Å². The number of sulfone groups is 1.